The fourth-order valence-electron chi connectivity index (χ4n) is 4.41. The Bertz CT molecular complexity index is 1470. The first-order chi connectivity index (χ1) is 17.8. The molecule has 0 saturated heterocycles. The smallest absolute Gasteiger partial charge is 0.328 e. The molecular weight excluding hydrogens is 468 g/mol. The zero-order valence-electron chi connectivity index (χ0n) is 22.1. The van der Waals surface area contributed by atoms with Crippen molar-refractivity contribution in [2.75, 3.05) is 25.5 Å². The van der Waals surface area contributed by atoms with Crippen molar-refractivity contribution < 1.29 is 18.7 Å². The van der Waals surface area contributed by atoms with Crippen LogP contribution in [0.1, 0.15) is 39.2 Å². The zero-order chi connectivity index (χ0) is 26.5. The highest BCUT2D eigenvalue weighted by Gasteiger charge is 2.24. The molecule has 1 amide bonds. The van der Waals surface area contributed by atoms with Gasteiger partial charge in [-0.3, -0.25) is 9.79 Å². The summed E-state index contributed by atoms with van der Waals surface area (Å²) in [7, 11) is 1.32. The van der Waals surface area contributed by atoms with E-state index in [4.69, 9.17) is 19.1 Å². The van der Waals surface area contributed by atoms with Crippen LogP contribution in [0, 0.1) is 12.8 Å². The first-order valence-corrected chi connectivity index (χ1v) is 12.7. The van der Waals surface area contributed by atoms with Crippen LogP contribution in [0.2, 0.25) is 0 Å². The van der Waals surface area contributed by atoms with Crippen molar-refractivity contribution in [2.45, 2.75) is 46.6 Å². The average Bonchev–Trinajstić information content (AvgIpc) is 2.89. The lowest BCUT2D eigenvalue weighted by Crippen LogP contribution is -2.44. The molecule has 1 heterocycles. The summed E-state index contributed by atoms with van der Waals surface area (Å²) in [5, 5.41) is 8.87. The molecule has 0 radical (unpaired) electrons. The molecule has 8 nitrogen and oxygen atoms in total. The summed E-state index contributed by atoms with van der Waals surface area (Å²) in [4.78, 5) is 34.1. The van der Waals surface area contributed by atoms with E-state index in [1.165, 1.54) is 7.11 Å². The van der Waals surface area contributed by atoms with Gasteiger partial charge in [-0.2, -0.15) is 0 Å². The summed E-state index contributed by atoms with van der Waals surface area (Å²) >= 11 is 0. The van der Waals surface area contributed by atoms with Gasteiger partial charge in [-0.25, -0.2) is 9.78 Å². The van der Waals surface area contributed by atoms with E-state index in [0.29, 0.717) is 24.3 Å². The number of carbonyl (C=O) groups is 2. The zero-order valence-corrected chi connectivity index (χ0v) is 22.1. The standard InChI is InChI=1S/C29H34N4O4/c1-6-30-21-15-24-23(14-18(21)4)32-28-20-11-8-7-10-19(20)22(16-25(28)37-24)31-13-9-12-26(34)33-27(17(2)3)29(35)36-5/h7-8,10-11,14-17,27,30H,6,9,12-13H2,1-5H3,(H,33,34). The van der Waals surface area contributed by atoms with Crippen LogP contribution >= 0.6 is 0 Å². The lowest BCUT2D eigenvalue weighted by molar-refractivity contribution is -0.146. The Balaban J connectivity index is 1.61. The van der Waals surface area contributed by atoms with Crippen molar-refractivity contribution in [1.82, 2.24) is 10.3 Å². The quantitative estimate of drug-likeness (QED) is 0.147. The van der Waals surface area contributed by atoms with Gasteiger partial charge in [-0.15, -0.1) is 0 Å². The number of hydrogen-bond acceptors (Lipinski definition) is 7. The van der Waals surface area contributed by atoms with Crippen LogP contribution in [0.3, 0.4) is 0 Å². The molecule has 0 fully saturated rings. The third-order valence-corrected chi connectivity index (χ3v) is 6.37. The molecule has 1 aliphatic carbocycles. The van der Waals surface area contributed by atoms with Gasteiger partial charge in [0.15, 0.2) is 11.3 Å². The van der Waals surface area contributed by atoms with Crippen molar-refractivity contribution >= 4 is 39.4 Å². The van der Waals surface area contributed by atoms with Gasteiger partial charge in [0.1, 0.15) is 17.3 Å². The summed E-state index contributed by atoms with van der Waals surface area (Å²) in [5.74, 6) is -0.0310. The van der Waals surface area contributed by atoms with Crippen LogP contribution in [-0.4, -0.2) is 43.1 Å². The second kappa shape index (κ2) is 11.4. The van der Waals surface area contributed by atoms with Crippen LogP contribution in [0.15, 0.2) is 51.9 Å². The molecule has 2 N–H and O–H groups in total. The summed E-state index contributed by atoms with van der Waals surface area (Å²) in [5.41, 5.74) is 4.44. The molecule has 4 rings (SSSR count). The number of hydrogen-bond donors (Lipinski definition) is 2. The second-order valence-electron chi connectivity index (χ2n) is 9.46. The van der Waals surface area contributed by atoms with Gasteiger partial charge in [-0.05, 0) is 37.8 Å². The van der Waals surface area contributed by atoms with E-state index < -0.39 is 12.0 Å². The van der Waals surface area contributed by atoms with Crippen LogP contribution in [0.4, 0.5) is 5.69 Å². The number of anilines is 1. The van der Waals surface area contributed by atoms with Gasteiger partial charge in [-0.1, -0.05) is 38.1 Å². The van der Waals surface area contributed by atoms with E-state index in [1.54, 1.807) is 0 Å². The number of methoxy groups -OCH3 is 1. The molecule has 2 aromatic carbocycles. The maximum Gasteiger partial charge on any atom is 0.328 e. The first-order valence-electron chi connectivity index (χ1n) is 12.7. The number of aryl methyl sites for hydroxylation is 1. The molecule has 0 spiro atoms. The Morgan fingerprint density at radius 2 is 1.89 bits per heavy atom. The lowest BCUT2D eigenvalue weighted by atomic mass is 10.0. The minimum absolute atomic E-state index is 0.0590. The number of aromatic nitrogens is 1. The van der Waals surface area contributed by atoms with E-state index in [0.717, 1.165) is 45.1 Å². The predicted octanol–water partition coefficient (Wildman–Crippen LogP) is 4.82. The minimum Gasteiger partial charge on any atom is -0.467 e. The summed E-state index contributed by atoms with van der Waals surface area (Å²) in [6.45, 7) is 9.13. The molecule has 0 saturated carbocycles. The molecule has 0 bridgehead atoms. The van der Waals surface area contributed by atoms with Crippen LogP contribution in [0.25, 0.3) is 33.3 Å². The van der Waals surface area contributed by atoms with E-state index in [2.05, 4.69) is 24.5 Å². The predicted molar refractivity (Wildman–Crippen MR) is 145 cm³/mol. The van der Waals surface area contributed by atoms with Crippen LogP contribution < -0.4 is 16.0 Å². The number of benzene rings is 3. The fraction of sp³-hybridized carbons (Fsp3) is 0.379. The van der Waals surface area contributed by atoms with Gasteiger partial charge in [0.2, 0.25) is 5.91 Å². The van der Waals surface area contributed by atoms with Crippen LogP contribution in [-0.2, 0) is 14.3 Å². The average molecular weight is 503 g/mol. The number of esters is 1. The maximum absolute atomic E-state index is 12.4. The molecular formula is C29H34N4O4. The highest BCUT2D eigenvalue weighted by atomic mass is 16.5. The summed E-state index contributed by atoms with van der Waals surface area (Å²) < 4.78 is 11.1. The van der Waals surface area contributed by atoms with Gasteiger partial charge < -0.3 is 19.8 Å². The number of carbonyl (C=O) groups excluding carboxylic acids is 2. The Hall–Kier alpha value is -3.94. The summed E-state index contributed by atoms with van der Waals surface area (Å²) in [6.07, 6.45) is 0.807. The van der Waals surface area contributed by atoms with Crippen molar-refractivity contribution in [3.63, 3.8) is 0 Å². The van der Waals surface area contributed by atoms with Crippen molar-refractivity contribution in [1.29, 1.82) is 0 Å². The van der Waals surface area contributed by atoms with Crippen molar-refractivity contribution in [3.05, 3.63) is 53.4 Å². The molecule has 1 atom stereocenters. The van der Waals surface area contributed by atoms with E-state index in [-0.39, 0.29) is 18.2 Å². The highest BCUT2D eigenvalue weighted by Crippen LogP contribution is 2.32. The molecule has 194 valence electrons. The van der Waals surface area contributed by atoms with Crippen LogP contribution in [0.5, 0.6) is 0 Å². The number of amides is 1. The Morgan fingerprint density at radius 3 is 2.59 bits per heavy atom. The van der Waals surface area contributed by atoms with E-state index in [1.807, 2.05) is 56.3 Å². The maximum atomic E-state index is 12.4. The highest BCUT2D eigenvalue weighted by molar-refractivity contribution is 5.96. The first kappa shape index (κ1) is 26.1. The topological polar surface area (TPSA) is 106 Å². The number of fused-ring (bicyclic) bond motifs is 4. The third-order valence-electron chi connectivity index (χ3n) is 6.37. The van der Waals surface area contributed by atoms with Gasteiger partial charge in [0, 0.05) is 48.1 Å². The number of nitrogens with zero attached hydrogens (tertiary/aromatic N) is 2. The normalized spacial score (nSPS) is 12.9. The lowest BCUT2D eigenvalue weighted by Gasteiger charge is -2.19. The largest absolute Gasteiger partial charge is 0.467 e. The van der Waals surface area contributed by atoms with E-state index in [9.17, 15) is 9.59 Å². The number of rotatable bonds is 9. The molecule has 2 aromatic rings. The Morgan fingerprint density at radius 1 is 1.14 bits per heavy atom. The van der Waals surface area contributed by atoms with Gasteiger partial charge in [0.25, 0.3) is 0 Å². The molecule has 2 aliphatic rings. The van der Waals surface area contributed by atoms with Gasteiger partial charge in [0.05, 0.1) is 12.5 Å². The summed E-state index contributed by atoms with van der Waals surface area (Å²) in [6, 6.07) is 13.3. The molecule has 0 aromatic heterocycles. The SMILES string of the molecule is CCNc1cc2oc3cc(=NCCCC(=O)NC(C(=O)OC)C(C)C)c4ccccc4c-3nc2cc1C. The van der Waals surface area contributed by atoms with Crippen molar-refractivity contribution in [2.24, 2.45) is 10.9 Å². The Kier molecular flexibility index (Phi) is 8.06. The monoisotopic (exact) mass is 502 g/mol. The van der Waals surface area contributed by atoms with Crippen molar-refractivity contribution in [3.8, 4) is 11.5 Å². The molecule has 37 heavy (non-hydrogen) atoms. The third kappa shape index (κ3) is 5.74. The Labute approximate surface area is 216 Å². The van der Waals surface area contributed by atoms with Gasteiger partial charge >= 0.3 is 5.97 Å². The molecule has 8 heteroatoms. The molecule has 1 aliphatic heterocycles. The number of ether oxygens (including phenoxy) is 1. The van der Waals surface area contributed by atoms with E-state index >= 15 is 0 Å². The second-order valence-corrected chi connectivity index (χ2v) is 9.46. The minimum atomic E-state index is -0.653. The molecule has 1 unspecified atom stereocenters. The fourth-order valence-corrected chi connectivity index (χ4v) is 4.41. The number of nitrogens with one attached hydrogen (secondary N) is 2.